The molecule has 0 amide bonds. The number of hydrogen-bond acceptors (Lipinski definition) is 3. The minimum Gasteiger partial charge on any atom is -0.493 e. The van der Waals surface area contributed by atoms with Gasteiger partial charge in [0.25, 0.3) is 0 Å². The lowest BCUT2D eigenvalue weighted by molar-refractivity contribution is 0.310. The van der Waals surface area contributed by atoms with Crippen molar-refractivity contribution in [2.45, 2.75) is 31.3 Å². The highest BCUT2D eigenvalue weighted by Gasteiger charge is 2.23. The number of fused-ring (bicyclic) bond motifs is 1. The molecule has 0 aliphatic heterocycles. The first-order valence-electron chi connectivity index (χ1n) is 10.2. The molecule has 0 saturated carbocycles. The average Bonchev–Trinajstić information content (AvgIpc) is 2.99. The first-order valence-corrected chi connectivity index (χ1v) is 11.1. The van der Waals surface area contributed by atoms with Crippen LogP contribution in [0.2, 0.25) is 0 Å². The third-order valence-corrected chi connectivity index (χ3v) is 5.95. The monoisotopic (exact) mass is 486 g/mol. The van der Waals surface area contributed by atoms with E-state index in [-0.39, 0.29) is 16.3 Å². The maximum absolute atomic E-state index is 13.7. The molecule has 31 heavy (non-hydrogen) atoms. The molecule has 0 fully saturated rings. The second kappa shape index (κ2) is 9.14. The van der Waals surface area contributed by atoms with E-state index >= 15 is 0 Å². The van der Waals surface area contributed by atoms with Crippen LogP contribution in [0.4, 0.5) is 4.39 Å². The fourth-order valence-corrected chi connectivity index (χ4v) is 4.37. The van der Waals surface area contributed by atoms with Gasteiger partial charge in [0.2, 0.25) is 0 Å². The number of ether oxygens (including phenoxy) is 2. The molecule has 1 aliphatic rings. The number of aromatic nitrogens is 2. The molecular formula is C24H24BrFN2O3. The molecule has 7 heteroatoms. The van der Waals surface area contributed by atoms with E-state index in [4.69, 9.17) is 9.47 Å². The first-order chi connectivity index (χ1) is 15.0. The molecule has 1 aliphatic carbocycles. The molecule has 0 bridgehead atoms. The van der Waals surface area contributed by atoms with Gasteiger partial charge < -0.3 is 9.47 Å². The summed E-state index contributed by atoms with van der Waals surface area (Å²) in [6.45, 7) is 3.17. The van der Waals surface area contributed by atoms with Crippen molar-refractivity contribution in [2.75, 3.05) is 13.7 Å². The molecule has 0 radical (unpaired) electrons. The number of rotatable bonds is 7. The summed E-state index contributed by atoms with van der Waals surface area (Å²) in [5.74, 6) is 1.00. The molecular weight excluding hydrogens is 463 g/mol. The lowest BCUT2D eigenvalue weighted by Crippen LogP contribution is -2.26. The zero-order valence-corrected chi connectivity index (χ0v) is 19.1. The highest BCUT2D eigenvalue weighted by Crippen LogP contribution is 2.29. The molecule has 1 heterocycles. The van der Waals surface area contributed by atoms with Gasteiger partial charge in [0.05, 0.1) is 32.5 Å². The summed E-state index contributed by atoms with van der Waals surface area (Å²) in [6, 6.07) is 12.1. The van der Waals surface area contributed by atoms with E-state index in [1.807, 2.05) is 43.3 Å². The van der Waals surface area contributed by atoms with Crippen LogP contribution in [-0.2, 0) is 19.5 Å². The fraction of sp³-hybridized carbons (Fsp3) is 0.292. The van der Waals surface area contributed by atoms with Gasteiger partial charge in [-0.2, -0.15) is 0 Å². The summed E-state index contributed by atoms with van der Waals surface area (Å²) in [4.78, 5) is 13.6. The Morgan fingerprint density at radius 1 is 1.10 bits per heavy atom. The second-order valence-electron chi connectivity index (χ2n) is 7.41. The summed E-state index contributed by atoms with van der Waals surface area (Å²) in [5, 5.41) is 0. The van der Waals surface area contributed by atoms with Crippen molar-refractivity contribution in [3.8, 4) is 11.5 Å². The molecule has 4 rings (SSSR count). The number of hydrogen-bond donors (Lipinski definition) is 0. The van der Waals surface area contributed by atoms with E-state index in [9.17, 15) is 9.18 Å². The van der Waals surface area contributed by atoms with Crippen LogP contribution in [0, 0.1) is 5.82 Å². The van der Waals surface area contributed by atoms with Crippen LogP contribution in [0.5, 0.6) is 11.5 Å². The van der Waals surface area contributed by atoms with Gasteiger partial charge in [-0.15, -0.1) is 0 Å². The number of allylic oxidation sites excluding steroid dienone is 1. The van der Waals surface area contributed by atoms with Crippen molar-refractivity contribution in [1.29, 1.82) is 0 Å². The van der Waals surface area contributed by atoms with Gasteiger partial charge in [-0.25, -0.2) is 9.18 Å². The van der Waals surface area contributed by atoms with E-state index in [2.05, 4.69) is 15.9 Å². The Hall–Kier alpha value is -2.80. The third-order valence-electron chi connectivity index (χ3n) is 5.32. The zero-order valence-electron chi connectivity index (χ0n) is 17.5. The molecule has 3 aromatic rings. The average molecular weight is 487 g/mol. The minimum absolute atomic E-state index is 0.116. The van der Waals surface area contributed by atoms with E-state index in [0.29, 0.717) is 37.6 Å². The van der Waals surface area contributed by atoms with Crippen molar-refractivity contribution in [2.24, 2.45) is 0 Å². The summed E-state index contributed by atoms with van der Waals surface area (Å²) in [7, 11) is 1.60. The molecule has 1 atom stereocenters. The summed E-state index contributed by atoms with van der Waals surface area (Å²) >= 11 is 3.63. The molecule has 0 saturated heterocycles. The Balaban J connectivity index is 1.75. The SMILES string of the molecule is CCOc1cc(Cn2c3c(n(Cc4cccc(F)c4)c2=O)CC(Br)C=C3)ccc1OC. The quantitative estimate of drug-likeness (QED) is 0.457. The second-order valence-corrected chi connectivity index (χ2v) is 8.59. The summed E-state index contributed by atoms with van der Waals surface area (Å²) < 4.78 is 28.3. The lowest BCUT2D eigenvalue weighted by atomic mass is 10.1. The normalized spacial score (nSPS) is 15.0. The minimum atomic E-state index is -0.307. The van der Waals surface area contributed by atoms with Gasteiger partial charge in [0.1, 0.15) is 5.82 Å². The Kier molecular flexibility index (Phi) is 6.32. The van der Waals surface area contributed by atoms with Crippen molar-refractivity contribution < 1.29 is 13.9 Å². The Morgan fingerprint density at radius 2 is 1.87 bits per heavy atom. The van der Waals surface area contributed by atoms with Crippen LogP contribution in [0.15, 0.2) is 53.3 Å². The molecule has 0 spiro atoms. The highest BCUT2D eigenvalue weighted by molar-refractivity contribution is 9.09. The van der Waals surface area contributed by atoms with E-state index < -0.39 is 0 Å². The molecule has 2 aromatic carbocycles. The predicted molar refractivity (Wildman–Crippen MR) is 123 cm³/mol. The van der Waals surface area contributed by atoms with Gasteiger partial charge in [0.15, 0.2) is 11.5 Å². The standard InChI is InChI=1S/C24H24BrFN2O3/c1-3-31-23-12-17(7-10-22(23)30-2)15-27-20-9-8-18(25)13-21(20)28(24(27)29)14-16-5-4-6-19(26)11-16/h4-12,18H,3,13-15H2,1-2H3. The largest absolute Gasteiger partial charge is 0.493 e. The Morgan fingerprint density at radius 3 is 2.61 bits per heavy atom. The van der Waals surface area contributed by atoms with Gasteiger partial charge in [0, 0.05) is 16.9 Å². The van der Waals surface area contributed by atoms with Crippen LogP contribution < -0.4 is 15.2 Å². The smallest absolute Gasteiger partial charge is 0.329 e. The molecule has 1 aromatic heterocycles. The van der Waals surface area contributed by atoms with Crippen molar-refractivity contribution >= 4 is 22.0 Å². The van der Waals surface area contributed by atoms with Crippen molar-refractivity contribution in [1.82, 2.24) is 9.13 Å². The topological polar surface area (TPSA) is 45.4 Å². The fourth-order valence-electron chi connectivity index (χ4n) is 3.91. The van der Waals surface area contributed by atoms with E-state index in [1.54, 1.807) is 22.3 Å². The van der Waals surface area contributed by atoms with Crippen molar-refractivity contribution in [3.63, 3.8) is 0 Å². The predicted octanol–water partition coefficient (Wildman–Crippen LogP) is 4.63. The Bertz CT molecular complexity index is 1180. The number of halogens is 2. The van der Waals surface area contributed by atoms with Gasteiger partial charge in [-0.05, 0) is 48.4 Å². The van der Waals surface area contributed by atoms with Crippen LogP contribution in [0.25, 0.3) is 6.08 Å². The van der Waals surface area contributed by atoms with Crippen LogP contribution in [0.3, 0.4) is 0 Å². The van der Waals surface area contributed by atoms with Crippen LogP contribution in [0.1, 0.15) is 29.4 Å². The number of methoxy groups -OCH3 is 1. The maximum Gasteiger partial charge on any atom is 0.329 e. The number of imidazole rings is 1. The molecule has 1 unspecified atom stereocenters. The van der Waals surface area contributed by atoms with Crippen LogP contribution in [-0.4, -0.2) is 27.7 Å². The molecule has 162 valence electrons. The molecule has 0 N–H and O–H groups in total. The van der Waals surface area contributed by atoms with Gasteiger partial charge in [-0.1, -0.05) is 40.2 Å². The Labute approximate surface area is 188 Å². The maximum atomic E-state index is 13.7. The van der Waals surface area contributed by atoms with E-state index in [1.165, 1.54) is 12.1 Å². The number of benzene rings is 2. The van der Waals surface area contributed by atoms with Crippen LogP contribution >= 0.6 is 15.9 Å². The number of nitrogens with zero attached hydrogens (tertiary/aromatic N) is 2. The van der Waals surface area contributed by atoms with Crippen molar-refractivity contribution in [3.05, 3.63) is 87.4 Å². The van der Waals surface area contributed by atoms with Gasteiger partial charge in [-0.3, -0.25) is 9.13 Å². The highest BCUT2D eigenvalue weighted by atomic mass is 79.9. The number of alkyl halides is 1. The zero-order chi connectivity index (χ0) is 22.0. The summed E-state index contributed by atoms with van der Waals surface area (Å²) in [6.07, 6.45) is 4.72. The van der Waals surface area contributed by atoms with Gasteiger partial charge >= 0.3 is 5.69 Å². The lowest BCUT2D eigenvalue weighted by Gasteiger charge is -2.15. The first kappa shape index (κ1) is 21.4. The molecule has 5 nitrogen and oxygen atoms in total. The summed E-state index contributed by atoms with van der Waals surface area (Å²) in [5.41, 5.74) is 3.40. The van der Waals surface area contributed by atoms with E-state index in [0.717, 1.165) is 22.5 Å². The third kappa shape index (κ3) is 4.46.